The molecule has 6 heteroatoms. The van der Waals surface area contributed by atoms with Crippen molar-refractivity contribution in [2.45, 2.75) is 12.7 Å². The number of hydrogen-bond acceptors (Lipinski definition) is 2. The molecule has 0 heterocycles. The maximum atomic E-state index is 12.3. The fraction of sp³-hybridized carbons (Fsp3) is 0.250. The molecule has 0 amide bonds. The maximum Gasteiger partial charge on any atom is 0.418 e. The third-order valence-corrected chi connectivity index (χ3v) is 2.23. The van der Waals surface area contributed by atoms with Crippen LogP contribution in [0.4, 0.5) is 18.9 Å². The molecule has 0 aliphatic heterocycles. The van der Waals surface area contributed by atoms with Crippen LogP contribution in [-0.4, -0.2) is 0 Å². The van der Waals surface area contributed by atoms with E-state index in [1.165, 1.54) is 6.07 Å². The summed E-state index contributed by atoms with van der Waals surface area (Å²) < 4.78 is 36.9. The first-order valence-corrected chi connectivity index (χ1v) is 4.10. The third kappa shape index (κ3) is 1.93. The number of alkyl halides is 3. The molecule has 0 saturated heterocycles. The molecule has 0 aromatic heterocycles. The van der Waals surface area contributed by atoms with Crippen LogP contribution in [0.25, 0.3) is 0 Å². The smallest absolute Gasteiger partial charge is 0.397 e. The van der Waals surface area contributed by atoms with Crippen molar-refractivity contribution in [3.05, 3.63) is 28.3 Å². The van der Waals surface area contributed by atoms with Gasteiger partial charge in [0.15, 0.2) is 0 Å². The minimum Gasteiger partial charge on any atom is -0.397 e. The first-order valence-electron chi connectivity index (χ1n) is 3.72. The van der Waals surface area contributed by atoms with Gasteiger partial charge < -0.3 is 11.5 Å². The van der Waals surface area contributed by atoms with E-state index in [2.05, 4.69) is 0 Å². The van der Waals surface area contributed by atoms with E-state index in [9.17, 15) is 13.2 Å². The number of hydrogen-bond donors (Lipinski definition) is 2. The van der Waals surface area contributed by atoms with Gasteiger partial charge in [0.05, 0.1) is 16.3 Å². The maximum absolute atomic E-state index is 12.3. The first-order chi connectivity index (χ1) is 6.38. The number of nitrogens with two attached hydrogens (primary N) is 2. The summed E-state index contributed by atoms with van der Waals surface area (Å²) in [6, 6.07) is 2.10. The van der Waals surface area contributed by atoms with Crippen molar-refractivity contribution in [1.29, 1.82) is 0 Å². The zero-order valence-corrected chi connectivity index (χ0v) is 7.78. The SMILES string of the molecule is NCc1ccc(C(F)(F)F)c(N)c1Cl. The Morgan fingerprint density at radius 2 is 1.86 bits per heavy atom. The van der Waals surface area contributed by atoms with Gasteiger partial charge in [-0.15, -0.1) is 0 Å². The van der Waals surface area contributed by atoms with E-state index in [0.29, 0.717) is 5.56 Å². The van der Waals surface area contributed by atoms with Crippen LogP contribution in [0.15, 0.2) is 12.1 Å². The van der Waals surface area contributed by atoms with Crippen LogP contribution in [-0.2, 0) is 12.7 Å². The standard InChI is InChI=1S/C8H8ClF3N2/c9-6-4(3-13)1-2-5(7(6)14)8(10,11)12/h1-2H,3,13-14H2. The lowest BCUT2D eigenvalue weighted by atomic mass is 10.1. The van der Waals surface area contributed by atoms with Gasteiger partial charge in [-0.3, -0.25) is 0 Å². The van der Waals surface area contributed by atoms with Crippen LogP contribution in [0, 0.1) is 0 Å². The molecule has 0 atom stereocenters. The van der Waals surface area contributed by atoms with Crippen LogP contribution < -0.4 is 11.5 Å². The lowest BCUT2D eigenvalue weighted by molar-refractivity contribution is -0.136. The number of rotatable bonds is 1. The van der Waals surface area contributed by atoms with Gasteiger partial charge in [-0.25, -0.2) is 0 Å². The molecule has 0 bridgehead atoms. The normalized spacial score (nSPS) is 11.8. The first kappa shape index (κ1) is 11.1. The van der Waals surface area contributed by atoms with Gasteiger partial charge in [-0.2, -0.15) is 13.2 Å². The molecule has 1 aromatic rings. The van der Waals surface area contributed by atoms with E-state index in [1.54, 1.807) is 0 Å². The molecular weight excluding hydrogens is 217 g/mol. The molecule has 4 N–H and O–H groups in total. The lowest BCUT2D eigenvalue weighted by Crippen LogP contribution is -2.11. The number of halogens is 4. The molecule has 0 radical (unpaired) electrons. The van der Waals surface area contributed by atoms with Gasteiger partial charge in [-0.05, 0) is 11.6 Å². The van der Waals surface area contributed by atoms with Gasteiger partial charge in [0, 0.05) is 6.54 Å². The predicted octanol–water partition coefficient (Wildman–Crippen LogP) is 2.40. The molecule has 0 spiro atoms. The Morgan fingerprint density at radius 3 is 2.29 bits per heavy atom. The van der Waals surface area contributed by atoms with Crippen LogP contribution in [0.3, 0.4) is 0 Å². The van der Waals surface area contributed by atoms with E-state index in [4.69, 9.17) is 23.1 Å². The number of benzene rings is 1. The molecule has 78 valence electrons. The quantitative estimate of drug-likeness (QED) is 0.720. The fourth-order valence-corrected chi connectivity index (χ4v) is 1.28. The largest absolute Gasteiger partial charge is 0.418 e. The van der Waals surface area contributed by atoms with Crippen LogP contribution in [0.1, 0.15) is 11.1 Å². The summed E-state index contributed by atoms with van der Waals surface area (Å²) in [6.07, 6.45) is -4.49. The van der Waals surface area contributed by atoms with Gasteiger partial charge in [0.2, 0.25) is 0 Å². The summed E-state index contributed by atoms with van der Waals surface area (Å²) in [5.41, 5.74) is 9.49. The van der Waals surface area contributed by atoms with E-state index in [0.717, 1.165) is 6.07 Å². The molecule has 14 heavy (non-hydrogen) atoms. The van der Waals surface area contributed by atoms with Gasteiger partial charge in [0.1, 0.15) is 0 Å². The van der Waals surface area contributed by atoms with Gasteiger partial charge in [0.25, 0.3) is 0 Å². The second-order valence-electron chi connectivity index (χ2n) is 2.70. The van der Waals surface area contributed by atoms with Crippen LogP contribution >= 0.6 is 11.6 Å². The van der Waals surface area contributed by atoms with Crippen molar-refractivity contribution in [2.75, 3.05) is 5.73 Å². The van der Waals surface area contributed by atoms with Crippen molar-refractivity contribution in [3.63, 3.8) is 0 Å². The Kier molecular flexibility index (Phi) is 2.92. The highest BCUT2D eigenvalue weighted by atomic mass is 35.5. The molecule has 0 fully saturated rings. The molecule has 2 nitrogen and oxygen atoms in total. The minimum atomic E-state index is -4.49. The summed E-state index contributed by atoms with van der Waals surface area (Å²) in [5, 5.41) is -0.123. The zero-order chi connectivity index (χ0) is 10.9. The molecule has 0 unspecified atom stereocenters. The number of anilines is 1. The third-order valence-electron chi connectivity index (χ3n) is 1.79. The summed E-state index contributed by atoms with van der Waals surface area (Å²) in [5.74, 6) is 0. The van der Waals surface area contributed by atoms with Crippen molar-refractivity contribution in [1.82, 2.24) is 0 Å². The summed E-state index contributed by atoms with van der Waals surface area (Å²) in [4.78, 5) is 0. The Morgan fingerprint density at radius 1 is 1.29 bits per heavy atom. The summed E-state index contributed by atoms with van der Waals surface area (Å²) in [7, 11) is 0. The Bertz CT molecular complexity index is 349. The van der Waals surface area contributed by atoms with Crippen molar-refractivity contribution >= 4 is 17.3 Å². The van der Waals surface area contributed by atoms with E-state index in [-0.39, 0.29) is 11.6 Å². The second-order valence-corrected chi connectivity index (χ2v) is 3.08. The second kappa shape index (κ2) is 3.67. The Hall–Kier alpha value is -0.940. The molecule has 1 aromatic carbocycles. The fourth-order valence-electron chi connectivity index (χ4n) is 1.04. The molecule has 0 aliphatic rings. The van der Waals surface area contributed by atoms with Crippen molar-refractivity contribution in [2.24, 2.45) is 5.73 Å². The van der Waals surface area contributed by atoms with Crippen molar-refractivity contribution in [3.8, 4) is 0 Å². The topological polar surface area (TPSA) is 52.0 Å². The Labute approximate surface area is 83.6 Å². The van der Waals surface area contributed by atoms with Crippen molar-refractivity contribution < 1.29 is 13.2 Å². The van der Waals surface area contributed by atoms with Gasteiger partial charge in [-0.1, -0.05) is 17.7 Å². The zero-order valence-electron chi connectivity index (χ0n) is 7.03. The Balaban J connectivity index is 3.31. The molecule has 1 rings (SSSR count). The van der Waals surface area contributed by atoms with E-state index in [1.807, 2.05) is 0 Å². The molecule has 0 saturated carbocycles. The summed E-state index contributed by atoms with van der Waals surface area (Å²) >= 11 is 5.60. The van der Waals surface area contributed by atoms with Gasteiger partial charge >= 0.3 is 6.18 Å². The van der Waals surface area contributed by atoms with Crippen LogP contribution in [0.5, 0.6) is 0 Å². The highest BCUT2D eigenvalue weighted by Crippen LogP contribution is 2.38. The predicted molar refractivity (Wildman–Crippen MR) is 48.8 cm³/mol. The average molecular weight is 225 g/mol. The molecule has 0 aliphatic carbocycles. The highest BCUT2D eigenvalue weighted by Gasteiger charge is 2.33. The van der Waals surface area contributed by atoms with E-state index >= 15 is 0 Å². The van der Waals surface area contributed by atoms with E-state index < -0.39 is 17.4 Å². The highest BCUT2D eigenvalue weighted by molar-refractivity contribution is 6.34. The average Bonchev–Trinajstić information content (AvgIpc) is 2.07. The summed E-state index contributed by atoms with van der Waals surface area (Å²) in [6.45, 7) is 0.0567. The molecular formula is C8H8ClF3N2. The lowest BCUT2D eigenvalue weighted by Gasteiger charge is -2.12. The minimum absolute atomic E-state index is 0.0567. The number of nitrogen functional groups attached to an aromatic ring is 1. The van der Waals surface area contributed by atoms with Crippen LogP contribution in [0.2, 0.25) is 5.02 Å². The monoisotopic (exact) mass is 224 g/mol.